The van der Waals surface area contributed by atoms with Crippen LogP contribution in [0.4, 0.5) is 0 Å². The van der Waals surface area contributed by atoms with E-state index in [4.69, 9.17) is 0 Å². The van der Waals surface area contributed by atoms with Gasteiger partial charge in [-0.1, -0.05) is 28.1 Å². The summed E-state index contributed by atoms with van der Waals surface area (Å²) in [6.07, 6.45) is -0.148. The monoisotopic (exact) mass is 383 g/mol. The predicted molar refractivity (Wildman–Crippen MR) is 82.1 cm³/mol. The summed E-state index contributed by atoms with van der Waals surface area (Å²) in [5.74, 6) is -2.58. The molecule has 122 valence electrons. The first-order chi connectivity index (χ1) is 10.9. The number of ether oxygens (including phenoxy) is 2. The van der Waals surface area contributed by atoms with Crippen molar-refractivity contribution in [1.29, 1.82) is 0 Å². The van der Waals surface area contributed by atoms with Crippen LogP contribution in [0.25, 0.3) is 0 Å². The zero-order valence-corrected chi connectivity index (χ0v) is 14.0. The van der Waals surface area contributed by atoms with Crippen LogP contribution in [0, 0.1) is 0 Å². The molecule has 0 bridgehead atoms. The lowest BCUT2D eigenvalue weighted by Crippen LogP contribution is -2.47. The Kier molecular flexibility index (Phi) is 5.15. The minimum absolute atomic E-state index is 0.148. The molecule has 0 N–H and O–H groups in total. The van der Waals surface area contributed by atoms with Gasteiger partial charge in [0.05, 0.1) is 25.3 Å². The molecule has 0 radical (unpaired) electrons. The van der Waals surface area contributed by atoms with E-state index in [1.54, 1.807) is 12.1 Å². The largest absolute Gasteiger partial charge is 0.468 e. The molecule has 0 aromatic heterocycles. The van der Waals surface area contributed by atoms with Crippen molar-refractivity contribution in [2.75, 3.05) is 14.2 Å². The first-order valence-corrected chi connectivity index (χ1v) is 7.60. The van der Waals surface area contributed by atoms with Gasteiger partial charge < -0.3 is 9.47 Å². The lowest BCUT2D eigenvalue weighted by Gasteiger charge is -2.25. The summed E-state index contributed by atoms with van der Waals surface area (Å²) in [6.45, 7) is 0. The third kappa shape index (κ3) is 3.12. The molecule has 1 aromatic carbocycles. The zero-order valence-electron chi connectivity index (χ0n) is 12.4. The van der Waals surface area contributed by atoms with Crippen molar-refractivity contribution in [3.8, 4) is 0 Å². The fourth-order valence-electron chi connectivity index (χ4n) is 2.35. The molecule has 1 unspecified atom stereocenters. The number of carbonyl (C=O) groups excluding carboxylic acids is 4. The predicted octanol–water partition coefficient (Wildman–Crippen LogP) is 1.15. The summed E-state index contributed by atoms with van der Waals surface area (Å²) in [6, 6.07) is 5.05. The maximum atomic E-state index is 12.5. The summed E-state index contributed by atoms with van der Waals surface area (Å²) < 4.78 is 9.25. The number of hydrogen-bond donors (Lipinski definition) is 0. The van der Waals surface area contributed by atoms with Gasteiger partial charge in [0.2, 0.25) is 0 Å². The molecule has 2 rings (SSSR count). The van der Waals surface area contributed by atoms with Gasteiger partial charge in [0, 0.05) is 6.42 Å². The first-order valence-electron chi connectivity index (χ1n) is 6.69. The molecule has 0 spiro atoms. The van der Waals surface area contributed by atoms with Gasteiger partial charge in [-0.25, -0.2) is 4.79 Å². The Hall–Kier alpha value is -2.22. The Morgan fingerprint density at radius 1 is 1.04 bits per heavy atom. The Morgan fingerprint density at radius 2 is 1.52 bits per heavy atom. The molecular formula is C15H14BrNO6. The number of fused-ring (bicyclic) bond motifs is 1. The highest BCUT2D eigenvalue weighted by Gasteiger charge is 2.44. The van der Waals surface area contributed by atoms with E-state index in [1.807, 2.05) is 0 Å². The van der Waals surface area contributed by atoms with Gasteiger partial charge in [-0.15, -0.1) is 0 Å². The van der Waals surface area contributed by atoms with Gasteiger partial charge in [0.1, 0.15) is 10.9 Å². The van der Waals surface area contributed by atoms with Crippen LogP contribution in [0.5, 0.6) is 0 Å². The number of amides is 2. The number of carbonyl (C=O) groups is 4. The van der Waals surface area contributed by atoms with Gasteiger partial charge in [-0.2, -0.15) is 0 Å². The number of nitrogens with zero attached hydrogens (tertiary/aromatic N) is 1. The number of rotatable bonds is 5. The second-order valence-electron chi connectivity index (χ2n) is 4.79. The average Bonchev–Trinajstić information content (AvgIpc) is 2.82. The fourth-order valence-corrected chi connectivity index (χ4v) is 2.90. The maximum Gasteiger partial charge on any atom is 0.329 e. The van der Waals surface area contributed by atoms with Crippen molar-refractivity contribution in [2.24, 2.45) is 0 Å². The smallest absolute Gasteiger partial charge is 0.329 e. The zero-order chi connectivity index (χ0) is 17.1. The number of alkyl halides is 1. The highest BCUT2D eigenvalue weighted by Crippen LogP contribution is 2.27. The van der Waals surface area contributed by atoms with E-state index in [-0.39, 0.29) is 17.5 Å². The van der Waals surface area contributed by atoms with E-state index < -0.39 is 34.6 Å². The van der Waals surface area contributed by atoms with E-state index in [2.05, 4.69) is 25.4 Å². The molecule has 1 heterocycles. The summed E-state index contributed by atoms with van der Waals surface area (Å²) in [5.41, 5.74) is 0.436. The fraction of sp³-hybridized carbons (Fsp3) is 0.333. The number of benzene rings is 1. The molecule has 0 fully saturated rings. The van der Waals surface area contributed by atoms with Gasteiger partial charge in [0.15, 0.2) is 0 Å². The van der Waals surface area contributed by atoms with Crippen LogP contribution < -0.4 is 0 Å². The SMILES string of the molecule is COC(=O)C(Br)C[C@H](C(=O)OC)N1C(=O)c2ccccc2C1=O. The average molecular weight is 384 g/mol. The summed E-state index contributed by atoms with van der Waals surface area (Å²) in [7, 11) is 2.35. The highest BCUT2D eigenvalue weighted by molar-refractivity contribution is 9.10. The number of halogens is 1. The number of imide groups is 1. The molecule has 2 amide bonds. The van der Waals surface area contributed by atoms with Crippen LogP contribution in [0.3, 0.4) is 0 Å². The van der Waals surface area contributed by atoms with Crippen LogP contribution in [0.2, 0.25) is 0 Å². The van der Waals surface area contributed by atoms with Gasteiger partial charge in [0.25, 0.3) is 11.8 Å². The highest BCUT2D eigenvalue weighted by atomic mass is 79.9. The van der Waals surface area contributed by atoms with E-state index >= 15 is 0 Å². The number of esters is 2. The van der Waals surface area contributed by atoms with Gasteiger partial charge in [-0.3, -0.25) is 19.3 Å². The minimum atomic E-state index is -1.23. The molecule has 0 saturated heterocycles. The molecule has 1 aromatic rings. The van der Waals surface area contributed by atoms with Crippen LogP contribution in [0.1, 0.15) is 27.1 Å². The van der Waals surface area contributed by atoms with E-state index in [9.17, 15) is 19.2 Å². The van der Waals surface area contributed by atoms with E-state index in [0.29, 0.717) is 0 Å². The van der Waals surface area contributed by atoms with Crippen LogP contribution >= 0.6 is 15.9 Å². The number of methoxy groups -OCH3 is 2. The van der Waals surface area contributed by atoms with E-state index in [0.717, 1.165) is 12.0 Å². The Balaban J connectivity index is 2.34. The lowest BCUT2D eigenvalue weighted by atomic mass is 10.1. The Bertz CT molecular complexity index is 639. The molecule has 1 aliphatic heterocycles. The van der Waals surface area contributed by atoms with Crippen molar-refractivity contribution in [3.05, 3.63) is 35.4 Å². The second-order valence-corrected chi connectivity index (χ2v) is 5.90. The second kappa shape index (κ2) is 6.91. The molecule has 8 heteroatoms. The van der Waals surface area contributed by atoms with Crippen molar-refractivity contribution in [2.45, 2.75) is 17.3 Å². The minimum Gasteiger partial charge on any atom is -0.468 e. The standard InChI is InChI=1S/C15H14BrNO6/c1-22-14(20)10(16)7-11(15(21)23-2)17-12(18)8-5-3-4-6-9(8)13(17)19/h3-6,10-11H,7H2,1-2H3/t10?,11-/m1/s1. The van der Waals surface area contributed by atoms with Crippen LogP contribution in [0.15, 0.2) is 24.3 Å². The van der Waals surface area contributed by atoms with Gasteiger partial charge in [-0.05, 0) is 12.1 Å². The maximum absolute atomic E-state index is 12.5. The molecule has 0 aliphatic carbocycles. The summed E-state index contributed by atoms with van der Waals surface area (Å²) in [5, 5.41) is 0. The third-order valence-corrected chi connectivity index (χ3v) is 4.25. The molecular weight excluding hydrogens is 370 g/mol. The van der Waals surface area contributed by atoms with Crippen LogP contribution in [-0.2, 0) is 19.1 Å². The molecule has 7 nitrogen and oxygen atoms in total. The van der Waals surface area contributed by atoms with Gasteiger partial charge >= 0.3 is 11.9 Å². The van der Waals surface area contributed by atoms with Crippen molar-refractivity contribution < 1.29 is 28.7 Å². The molecule has 0 saturated carbocycles. The van der Waals surface area contributed by atoms with Crippen LogP contribution in [-0.4, -0.2) is 53.7 Å². The molecule has 23 heavy (non-hydrogen) atoms. The lowest BCUT2D eigenvalue weighted by molar-refractivity contribution is -0.146. The van der Waals surface area contributed by atoms with E-state index in [1.165, 1.54) is 19.2 Å². The first kappa shape index (κ1) is 17.1. The van der Waals surface area contributed by atoms with Crippen molar-refractivity contribution in [3.63, 3.8) is 0 Å². The Morgan fingerprint density at radius 3 is 1.96 bits per heavy atom. The third-order valence-electron chi connectivity index (χ3n) is 3.50. The summed E-state index contributed by atoms with van der Waals surface area (Å²) >= 11 is 3.09. The number of hydrogen-bond acceptors (Lipinski definition) is 6. The molecule has 1 aliphatic rings. The van der Waals surface area contributed by atoms with Crippen molar-refractivity contribution >= 4 is 39.7 Å². The summed E-state index contributed by atoms with van der Waals surface area (Å²) in [4.78, 5) is 48.5. The normalized spacial score (nSPS) is 15.9. The Labute approximate surface area is 140 Å². The topological polar surface area (TPSA) is 90.0 Å². The quantitative estimate of drug-likeness (QED) is 0.430. The van der Waals surface area contributed by atoms with Crippen molar-refractivity contribution in [1.82, 2.24) is 4.90 Å². The molecule has 2 atom stereocenters.